The Morgan fingerprint density at radius 3 is 2.57 bits per heavy atom. The third-order valence-corrected chi connectivity index (χ3v) is 5.39. The van der Waals surface area contributed by atoms with Crippen LogP contribution in [0.3, 0.4) is 0 Å². The van der Waals surface area contributed by atoms with Gasteiger partial charge in [-0.05, 0) is 30.7 Å². The zero-order valence-electron chi connectivity index (χ0n) is 13.9. The number of fused-ring (bicyclic) bond motifs is 1. The van der Waals surface area contributed by atoms with E-state index in [9.17, 15) is 14.4 Å². The van der Waals surface area contributed by atoms with Crippen LogP contribution in [0.25, 0.3) is 0 Å². The molecular formula is C17H23N3O3. The summed E-state index contributed by atoms with van der Waals surface area (Å²) in [5.41, 5.74) is 0.398. The molecule has 1 aromatic rings. The van der Waals surface area contributed by atoms with Gasteiger partial charge < -0.3 is 14.4 Å². The van der Waals surface area contributed by atoms with Gasteiger partial charge in [-0.25, -0.2) is 0 Å². The number of aryl methyl sites for hydroxylation is 1. The Hall–Kier alpha value is -2.11. The molecule has 1 aliphatic heterocycles. The normalized spacial score (nSPS) is 27.0. The Balaban J connectivity index is 1.72. The highest BCUT2D eigenvalue weighted by atomic mass is 16.2. The van der Waals surface area contributed by atoms with Gasteiger partial charge in [-0.1, -0.05) is 0 Å². The molecule has 0 N–H and O–H groups in total. The van der Waals surface area contributed by atoms with Crippen LogP contribution in [0.5, 0.6) is 0 Å². The molecule has 23 heavy (non-hydrogen) atoms. The summed E-state index contributed by atoms with van der Waals surface area (Å²) in [4.78, 5) is 39.6. The summed E-state index contributed by atoms with van der Waals surface area (Å²) in [7, 11) is 5.32. The molecule has 0 aromatic carbocycles. The first-order chi connectivity index (χ1) is 10.9. The van der Waals surface area contributed by atoms with E-state index in [1.807, 2.05) is 14.1 Å². The monoisotopic (exact) mass is 317 g/mol. The van der Waals surface area contributed by atoms with Crippen molar-refractivity contribution in [2.45, 2.75) is 25.3 Å². The van der Waals surface area contributed by atoms with Gasteiger partial charge in [0.2, 0.25) is 11.5 Å². The van der Waals surface area contributed by atoms with Crippen molar-refractivity contribution in [3.63, 3.8) is 0 Å². The number of pyridine rings is 1. The first-order valence-electron chi connectivity index (χ1n) is 8.04. The smallest absolute Gasteiger partial charge is 0.255 e. The lowest BCUT2D eigenvalue weighted by Crippen LogP contribution is -2.40. The van der Waals surface area contributed by atoms with E-state index in [1.54, 1.807) is 29.1 Å². The molecule has 3 atom stereocenters. The maximum absolute atomic E-state index is 12.7. The first kappa shape index (κ1) is 15.8. The molecule has 124 valence electrons. The largest absolute Gasteiger partial charge is 0.345 e. The summed E-state index contributed by atoms with van der Waals surface area (Å²) in [6.45, 7) is 0.794. The zero-order valence-corrected chi connectivity index (χ0v) is 13.9. The highest BCUT2D eigenvalue weighted by Crippen LogP contribution is 2.40. The topological polar surface area (TPSA) is 62.6 Å². The Morgan fingerprint density at radius 2 is 1.87 bits per heavy atom. The van der Waals surface area contributed by atoms with Gasteiger partial charge in [-0.2, -0.15) is 0 Å². The molecule has 2 amide bonds. The highest BCUT2D eigenvalue weighted by molar-refractivity contribution is 5.94. The number of nitrogens with zero attached hydrogens (tertiary/aromatic N) is 3. The predicted octanol–water partition coefficient (Wildman–Crippen LogP) is 0.714. The van der Waals surface area contributed by atoms with Crippen LogP contribution in [0.1, 0.15) is 29.6 Å². The van der Waals surface area contributed by atoms with Crippen molar-refractivity contribution in [2.75, 3.05) is 20.6 Å². The Bertz CT molecular complexity index is 697. The van der Waals surface area contributed by atoms with Crippen LogP contribution < -0.4 is 5.56 Å². The summed E-state index contributed by atoms with van der Waals surface area (Å²) in [5.74, 6) is 1.01. The standard InChI is InChI=1S/C17H23N3O3/c1-18-9-11(4-5-15(18)21)17(23)20(3)14-6-12-8-16(22)19(2)10-13(12)7-14/h4-5,9,12-14H,6-8,10H2,1-3H3/t12-,13+,14-/m0/s1. The number of rotatable bonds is 2. The van der Waals surface area contributed by atoms with Gasteiger partial charge >= 0.3 is 0 Å². The Labute approximate surface area is 135 Å². The second-order valence-corrected chi connectivity index (χ2v) is 6.91. The van der Waals surface area contributed by atoms with E-state index in [0.717, 1.165) is 19.4 Å². The minimum absolute atomic E-state index is 0.0658. The number of carbonyl (C=O) groups is 2. The lowest BCUT2D eigenvalue weighted by atomic mass is 9.88. The number of aromatic nitrogens is 1. The van der Waals surface area contributed by atoms with E-state index in [1.165, 1.54) is 10.6 Å². The van der Waals surface area contributed by atoms with E-state index in [0.29, 0.717) is 23.8 Å². The fourth-order valence-corrected chi connectivity index (χ4v) is 3.89. The molecule has 6 heteroatoms. The quantitative estimate of drug-likeness (QED) is 0.807. The summed E-state index contributed by atoms with van der Waals surface area (Å²) in [5, 5.41) is 0. The van der Waals surface area contributed by atoms with Gasteiger partial charge in [0, 0.05) is 52.4 Å². The number of hydrogen-bond donors (Lipinski definition) is 0. The van der Waals surface area contributed by atoms with E-state index in [2.05, 4.69) is 0 Å². The van der Waals surface area contributed by atoms with Gasteiger partial charge in [0.15, 0.2) is 0 Å². The van der Waals surface area contributed by atoms with Crippen molar-refractivity contribution in [3.05, 3.63) is 34.2 Å². The van der Waals surface area contributed by atoms with Crippen molar-refractivity contribution in [1.82, 2.24) is 14.4 Å². The van der Waals surface area contributed by atoms with Crippen LogP contribution in [0.2, 0.25) is 0 Å². The van der Waals surface area contributed by atoms with E-state index in [4.69, 9.17) is 0 Å². The number of hydrogen-bond acceptors (Lipinski definition) is 3. The summed E-state index contributed by atoms with van der Waals surface area (Å²) in [6, 6.07) is 3.16. The molecule has 2 aliphatic rings. The van der Waals surface area contributed by atoms with Gasteiger partial charge in [0.05, 0.1) is 5.56 Å². The van der Waals surface area contributed by atoms with Crippen molar-refractivity contribution in [1.29, 1.82) is 0 Å². The highest BCUT2D eigenvalue weighted by Gasteiger charge is 2.42. The molecule has 2 fully saturated rings. The van der Waals surface area contributed by atoms with Crippen molar-refractivity contribution < 1.29 is 9.59 Å². The van der Waals surface area contributed by atoms with Gasteiger partial charge in [-0.15, -0.1) is 0 Å². The lowest BCUT2D eigenvalue weighted by Gasteiger charge is -2.31. The number of piperidine rings is 1. The molecule has 2 heterocycles. The summed E-state index contributed by atoms with van der Waals surface area (Å²) in [6.07, 6.45) is 4.01. The number of carbonyl (C=O) groups excluding carboxylic acids is 2. The summed E-state index contributed by atoms with van der Waals surface area (Å²) >= 11 is 0. The zero-order chi connectivity index (χ0) is 16.7. The fraction of sp³-hybridized carbons (Fsp3) is 0.588. The van der Waals surface area contributed by atoms with E-state index < -0.39 is 0 Å². The third kappa shape index (κ3) is 2.90. The molecule has 3 rings (SSSR count). The molecule has 0 radical (unpaired) electrons. The molecular weight excluding hydrogens is 294 g/mol. The average Bonchev–Trinajstić information content (AvgIpc) is 2.91. The third-order valence-electron chi connectivity index (χ3n) is 5.39. The number of amides is 2. The van der Waals surface area contributed by atoms with Crippen LogP contribution in [-0.4, -0.2) is 52.9 Å². The van der Waals surface area contributed by atoms with Crippen LogP contribution >= 0.6 is 0 Å². The van der Waals surface area contributed by atoms with Crippen LogP contribution in [0, 0.1) is 11.8 Å². The van der Waals surface area contributed by atoms with E-state index >= 15 is 0 Å². The Kier molecular flexibility index (Phi) is 4.00. The van der Waals surface area contributed by atoms with Crippen molar-refractivity contribution in [3.8, 4) is 0 Å². The SMILES string of the molecule is CN1C[C@H]2C[C@@H](N(C)C(=O)c3ccc(=O)n(C)c3)C[C@H]2CC1=O. The molecule has 0 unspecified atom stereocenters. The predicted molar refractivity (Wildman–Crippen MR) is 86.0 cm³/mol. The molecule has 6 nitrogen and oxygen atoms in total. The maximum Gasteiger partial charge on any atom is 0.255 e. The van der Waals surface area contributed by atoms with E-state index in [-0.39, 0.29) is 23.4 Å². The van der Waals surface area contributed by atoms with Gasteiger partial charge in [-0.3, -0.25) is 14.4 Å². The van der Waals surface area contributed by atoms with Gasteiger partial charge in [0.25, 0.3) is 5.91 Å². The lowest BCUT2D eigenvalue weighted by molar-refractivity contribution is -0.134. The first-order valence-corrected chi connectivity index (χ1v) is 8.04. The fourth-order valence-electron chi connectivity index (χ4n) is 3.89. The second kappa shape index (κ2) is 5.83. The van der Waals surface area contributed by atoms with Crippen molar-refractivity contribution in [2.24, 2.45) is 18.9 Å². The van der Waals surface area contributed by atoms with Crippen LogP contribution in [-0.2, 0) is 11.8 Å². The minimum atomic E-state index is -0.127. The molecule has 1 saturated carbocycles. The molecule has 0 bridgehead atoms. The van der Waals surface area contributed by atoms with Crippen LogP contribution in [0.4, 0.5) is 0 Å². The average molecular weight is 317 g/mol. The van der Waals surface area contributed by atoms with Crippen LogP contribution in [0.15, 0.2) is 23.1 Å². The van der Waals surface area contributed by atoms with Gasteiger partial charge in [0.1, 0.15) is 0 Å². The van der Waals surface area contributed by atoms with Crippen molar-refractivity contribution >= 4 is 11.8 Å². The second-order valence-electron chi connectivity index (χ2n) is 6.91. The molecule has 1 saturated heterocycles. The molecule has 0 spiro atoms. The molecule has 1 aliphatic carbocycles. The molecule has 1 aromatic heterocycles. The maximum atomic E-state index is 12.7. The Morgan fingerprint density at radius 1 is 1.17 bits per heavy atom. The number of likely N-dealkylation sites (tertiary alicyclic amines) is 1. The minimum Gasteiger partial charge on any atom is -0.345 e. The summed E-state index contributed by atoms with van der Waals surface area (Å²) < 4.78 is 1.42.